The van der Waals surface area contributed by atoms with E-state index in [0.717, 1.165) is 0 Å². The van der Waals surface area contributed by atoms with Crippen molar-refractivity contribution >= 4 is 17.6 Å². The predicted molar refractivity (Wildman–Crippen MR) is 63.8 cm³/mol. The highest BCUT2D eigenvalue weighted by atomic mass is 35.5. The van der Waals surface area contributed by atoms with Crippen molar-refractivity contribution in [2.75, 3.05) is 11.9 Å². The SMILES string of the molecule is CC(Cl)c1nnc(N(C)C2CCCCC2)o1. The molecule has 1 heterocycles. The molecule has 0 radical (unpaired) electrons. The van der Waals surface area contributed by atoms with Gasteiger partial charge in [-0.3, -0.25) is 0 Å². The highest BCUT2D eigenvalue weighted by molar-refractivity contribution is 6.20. The van der Waals surface area contributed by atoms with Gasteiger partial charge in [0.05, 0.1) is 0 Å². The Hall–Kier alpha value is -0.770. The Morgan fingerprint density at radius 1 is 1.31 bits per heavy atom. The van der Waals surface area contributed by atoms with Crippen LogP contribution in [0.15, 0.2) is 4.42 Å². The third-order valence-electron chi connectivity index (χ3n) is 3.19. The summed E-state index contributed by atoms with van der Waals surface area (Å²) in [7, 11) is 2.02. The summed E-state index contributed by atoms with van der Waals surface area (Å²) in [5.74, 6) is 0.499. The van der Waals surface area contributed by atoms with Crippen LogP contribution in [0.5, 0.6) is 0 Å². The fourth-order valence-corrected chi connectivity index (χ4v) is 2.24. The summed E-state index contributed by atoms with van der Waals surface area (Å²) in [6.07, 6.45) is 6.36. The number of aromatic nitrogens is 2. The van der Waals surface area contributed by atoms with Gasteiger partial charge in [0.15, 0.2) is 0 Å². The van der Waals surface area contributed by atoms with Gasteiger partial charge in [-0.05, 0) is 19.8 Å². The predicted octanol–water partition coefficient (Wildman–Crippen LogP) is 3.14. The molecular weight excluding hydrogens is 226 g/mol. The zero-order valence-corrected chi connectivity index (χ0v) is 10.6. The fraction of sp³-hybridized carbons (Fsp3) is 0.818. The van der Waals surface area contributed by atoms with E-state index in [9.17, 15) is 0 Å². The normalized spacial score (nSPS) is 19.7. The van der Waals surface area contributed by atoms with E-state index in [-0.39, 0.29) is 5.38 Å². The molecule has 0 bridgehead atoms. The van der Waals surface area contributed by atoms with Gasteiger partial charge in [0.1, 0.15) is 5.38 Å². The molecule has 0 N–H and O–H groups in total. The first-order valence-corrected chi connectivity index (χ1v) is 6.32. The van der Waals surface area contributed by atoms with E-state index in [4.69, 9.17) is 16.0 Å². The van der Waals surface area contributed by atoms with Crippen molar-refractivity contribution < 1.29 is 4.42 Å². The van der Waals surface area contributed by atoms with Crippen LogP contribution >= 0.6 is 11.6 Å². The second-order valence-corrected chi connectivity index (χ2v) is 5.10. The summed E-state index contributed by atoms with van der Waals surface area (Å²) in [4.78, 5) is 2.09. The zero-order chi connectivity index (χ0) is 11.5. The average molecular weight is 244 g/mol. The lowest BCUT2D eigenvalue weighted by Gasteiger charge is -2.29. The maximum Gasteiger partial charge on any atom is 0.318 e. The number of nitrogens with zero attached hydrogens (tertiary/aromatic N) is 3. The molecule has 1 atom stereocenters. The molecule has 1 aliphatic carbocycles. The molecule has 1 fully saturated rings. The summed E-state index contributed by atoms with van der Waals surface area (Å²) in [6.45, 7) is 1.83. The lowest BCUT2D eigenvalue weighted by molar-refractivity contribution is 0.399. The number of rotatable bonds is 3. The number of halogens is 1. The Balaban J connectivity index is 2.04. The van der Waals surface area contributed by atoms with Crippen molar-refractivity contribution in [1.29, 1.82) is 0 Å². The van der Waals surface area contributed by atoms with Gasteiger partial charge in [0.25, 0.3) is 0 Å². The summed E-state index contributed by atoms with van der Waals surface area (Å²) in [5, 5.41) is 7.76. The van der Waals surface area contributed by atoms with Crippen LogP contribution in [-0.2, 0) is 0 Å². The molecule has 5 heteroatoms. The Bertz CT molecular complexity index is 334. The van der Waals surface area contributed by atoms with E-state index < -0.39 is 0 Å². The van der Waals surface area contributed by atoms with Crippen LogP contribution in [0.2, 0.25) is 0 Å². The molecule has 4 nitrogen and oxygen atoms in total. The first kappa shape index (κ1) is 11.7. The lowest BCUT2D eigenvalue weighted by Crippen LogP contribution is -2.33. The molecule has 0 aliphatic heterocycles. The summed E-state index contributed by atoms with van der Waals surface area (Å²) < 4.78 is 5.53. The summed E-state index contributed by atoms with van der Waals surface area (Å²) in [5.41, 5.74) is 0. The highest BCUT2D eigenvalue weighted by Gasteiger charge is 2.22. The van der Waals surface area contributed by atoms with E-state index in [0.29, 0.717) is 17.9 Å². The van der Waals surface area contributed by atoms with Gasteiger partial charge in [0.2, 0.25) is 5.89 Å². The topological polar surface area (TPSA) is 42.2 Å². The molecule has 1 unspecified atom stereocenters. The van der Waals surface area contributed by atoms with Crippen LogP contribution in [-0.4, -0.2) is 23.3 Å². The lowest BCUT2D eigenvalue weighted by atomic mass is 9.95. The molecule has 1 aromatic rings. The van der Waals surface area contributed by atoms with Crippen molar-refractivity contribution in [3.63, 3.8) is 0 Å². The third-order valence-corrected chi connectivity index (χ3v) is 3.38. The van der Waals surface area contributed by atoms with Crippen molar-refractivity contribution in [2.45, 2.75) is 50.4 Å². The van der Waals surface area contributed by atoms with Crippen molar-refractivity contribution in [3.05, 3.63) is 5.89 Å². The van der Waals surface area contributed by atoms with E-state index in [1.807, 2.05) is 14.0 Å². The van der Waals surface area contributed by atoms with Crippen molar-refractivity contribution in [3.8, 4) is 0 Å². The zero-order valence-electron chi connectivity index (χ0n) is 9.82. The standard InChI is InChI=1S/C11H18ClN3O/c1-8(12)10-13-14-11(16-10)15(2)9-6-4-3-5-7-9/h8-9H,3-7H2,1-2H3. The van der Waals surface area contributed by atoms with Gasteiger partial charge in [-0.25, -0.2) is 0 Å². The Morgan fingerprint density at radius 3 is 2.56 bits per heavy atom. The van der Waals surface area contributed by atoms with Crippen molar-refractivity contribution in [2.24, 2.45) is 0 Å². The van der Waals surface area contributed by atoms with Crippen LogP contribution in [0.4, 0.5) is 6.01 Å². The van der Waals surface area contributed by atoms with E-state index >= 15 is 0 Å². The Labute approximate surface area is 101 Å². The maximum atomic E-state index is 5.89. The molecule has 16 heavy (non-hydrogen) atoms. The molecule has 2 rings (SSSR count). The molecule has 0 amide bonds. The second-order valence-electron chi connectivity index (χ2n) is 4.44. The van der Waals surface area contributed by atoms with Gasteiger partial charge in [-0.1, -0.05) is 24.4 Å². The van der Waals surface area contributed by atoms with E-state index in [2.05, 4.69) is 15.1 Å². The van der Waals surface area contributed by atoms with Gasteiger partial charge < -0.3 is 9.32 Å². The largest absolute Gasteiger partial charge is 0.406 e. The van der Waals surface area contributed by atoms with Crippen LogP contribution in [0.3, 0.4) is 0 Å². The first-order valence-electron chi connectivity index (χ1n) is 5.89. The Morgan fingerprint density at radius 2 is 2.00 bits per heavy atom. The minimum Gasteiger partial charge on any atom is -0.406 e. The van der Waals surface area contributed by atoms with Gasteiger partial charge in [0, 0.05) is 13.1 Å². The molecule has 0 saturated heterocycles. The quantitative estimate of drug-likeness (QED) is 0.765. The minimum atomic E-state index is -0.221. The maximum absolute atomic E-state index is 5.89. The van der Waals surface area contributed by atoms with Gasteiger partial charge in [-0.2, -0.15) is 0 Å². The summed E-state index contributed by atoms with van der Waals surface area (Å²) >= 11 is 5.89. The van der Waals surface area contributed by atoms with E-state index in [1.165, 1.54) is 32.1 Å². The Kier molecular flexibility index (Phi) is 3.69. The van der Waals surface area contributed by atoms with Crippen molar-refractivity contribution in [1.82, 2.24) is 10.2 Å². The molecule has 0 aromatic carbocycles. The fourth-order valence-electron chi connectivity index (χ4n) is 2.15. The number of alkyl halides is 1. The monoisotopic (exact) mass is 243 g/mol. The first-order chi connectivity index (χ1) is 7.68. The molecule has 0 spiro atoms. The van der Waals surface area contributed by atoms with Crippen LogP contribution in [0.25, 0.3) is 0 Å². The van der Waals surface area contributed by atoms with Crippen LogP contribution < -0.4 is 4.90 Å². The van der Waals surface area contributed by atoms with Crippen LogP contribution in [0.1, 0.15) is 50.3 Å². The smallest absolute Gasteiger partial charge is 0.318 e. The molecular formula is C11H18ClN3O. The second kappa shape index (κ2) is 5.04. The van der Waals surface area contributed by atoms with Crippen LogP contribution in [0, 0.1) is 0 Å². The number of hydrogen-bond donors (Lipinski definition) is 0. The van der Waals surface area contributed by atoms with E-state index in [1.54, 1.807) is 0 Å². The third kappa shape index (κ3) is 2.48. The molecule has 1 aliphatic rings. The van der Waals surface area contributed by atoms with Gasteiger partial charge in [-0.15, -0.1) is 16.7 Å². The number of hydrogen-bond acceptors (Lipinski definition) is 4. The highest BCUT2D eigenvalue weighted by Crippen LogP contribution is 2.27. The molecule has 90 valence electrons. The minimum absolute atomic E-state index is 0.221. The van der Waals surface area contributed by atoms with Gasteiger partial charge >= 0.3 is 6.01 Å². The number of anilines is 1. The molecule has 1 aromatic heterocycles. The average Bonchev–Trinajstić information content (AvgIpc) is 2.78. The molecule has 1 saturated carbocycles. The summed E-state index contributed by atoms with van der Waals surface area (Å²) in [6, 6.07) is 1.13.